The third kappa shape index (κ3) is 2.42. The van der Waals surface area contributed by atoms with Crippen molar-refractivity contribution in [3.8, 4) is 0 Å². The molecule has 1 fully saturated rings. The molecule has 5 heteroatoms. The van der Waals surface area contributed by atoms with Crippen LogP contribution < -0.4 is 5.32 Å². The highest BCUT2D eigenvalue weighted by Gasteiger charge is 2.36. The second-order valence-corrected chi connectivity index (χ2v) is 4.71. The lowest BCUT2D eigenvalue weighted by molar-refractivity contribution is -0.138. The van der Waals surface area contributed by atoms with E-state index in [1.807, 2.05) is 0 Å². The molecule has 3 nitrogen and oxygen atoms in total. The zero-order valence-corrected chi connectivity index (χ0v) is 9.92. The highest BCUT2D eigenvalue weighted by Crippen LogP contribution is 2.37. The van der Waals surface area contributed by atoms with Gasteiger partial charge in [-0.2, -0.15) is 0 Å². The molecule has 1 aliphatic rings. The third-order valence-corrected chi connectivity index (χ3v) is 3.25. The van der Waals surface area contributed by atoms with Gasteiger partial charge in [-0.05, 0) is 30.9 Å². The summed E-state index contributed by atoms with van der Waals surface area (Å²) in [6.07, 6.45) is 1.87. The Morgan fingerprint density at radius 3 is 2.38 bits per heavy atom. The molecule has 86 valence electrons. The molecule has 0 aromatic heterocycles. The van der Waals surface area contributed by atoms with Crippen LogP contribution in [0.1, 0.15) is 12.8 Å². The van der Waals surface area contributed by atoms with E-state index in [4.69, 9.17) is 28.3 Å². The van der Waals surface area contributed by atoms with Crippen LogP contribution in [0.5, 0.6) is 0 Å². The molecular formula is C11H11Cl2NO2. The van der Waals surface area contributed by atoms with Crippen LogP contribution in [-0.4, -0.2) is 17.1 Å². The Hall–Kier alpha value is -0.930. The molecule has 0 saturated heterocycles. The summed E-state index contributed by atoms with van der Waals surface area (Å²) in [6.45, 7) is 0. The number of anilines is 1. The molecule has 1 aromatic carbocycles. The van der Waals surface area contributed by atoms with Crippen LogP contribution in [0, 0.1) is 5.92 Å². The van der Waals surface area contributed by atoms with Crippen molar-refractivity contribution < 1.29 is 9.90 Å². The van der Waals surface area contributed by atoms with E-state index in [2.05, 4.69) is 5.32 Å². The molecule has 1 atom stereocenters. The summed E-state index contributed by atoms with van der Waals surface area (Å²) >= 11 is 11.9. The number of hydrogen-bond acceptors (Lipinski definition) is 2. The van der Waals surface area contributed by atoms with E-state index in [1.165, 1.54) is 0 Å². The fourth-order valence-corrected chi connectivity index (χ4v) is 2.11. The molecule has 0 spiro atoms. The number of para-hydroxylation sites is 1. The van der Waals surface area contributed by atoms with Gasteiger partial charge in [-0.25, -0.2) is 4.79 Å². The van der Waals surface area contributed by atoms with Crippen LogP contribution in [-0.2, 0) is 4.79 Å². The van der Waals surface area contributed by atoms with Crippen LogP contribution in [0.3, 0.4) is 0 Å². The van der Waals surface area contributed by atoms with Gasteiger partial charge in [0.15, 0.2) is 0 Å². The summed E-state index contributed by atoms with van der Waals surface area (Å²) in [7, 11) is 0. The van der Waals surface area contributed by atoms with Gasteiger partial charge in [-0.1, -0.05) is 29.3 Å². The van der Waals surface area contributed by atoms with Crippen molar-refractivity contribution in [3.05, 3.63) is 28.2 Å². The van der Waals surface area contributed by atoms with Crippen molar-refractivity contribution in [3.63, 3.8) is 0 Å². The molecule has 1 unspecified atom stereocenters. The van der Waals surface area contributed by atoms with Gasteiger partial charge < -0.3 is 10.4 Å². The summed E-state index contributed by atoms with van der Waals surface area (Å²) in [6, 6.07) is 4.49. The van der Waals surface area contributed by atoms with Gasteiger partial charge in [0, 0.05) is 0 Å². The number of halogens is 2. The van der Waals surface area contributed by atoms with Gasteiger partial charge in [-0.3, -0.25) is 0 Å². The molecule has 16 heavy (non-hydrogen) atoms. The molecule has 2 N–H and O–H groups in total. The number of carboxylic acid groups (broad SMARTS) is 1. The Kier molecular flexibility index (Phi) is 3.26. The van der Waals surface area contributed by atoms with Gasteiger partial charge in [0.05, 0.1) is 15.7 Å². The molecule has 2 rings (SSSR count). The van der Waals surface area contributed by atoms with E-state index in [9.17, 15) is 4.79 Å². The van der Waals surface area contributed by atoms with E-state index in [1.54, 1.807) is 18.2 Å². The monoisotopic (exact) mass is 259 g/mol. The number of hydrogen-bond donors (Lipinski definition) is 2. The maximum atomic E-state index is 11.1. The normalized spacial score (nSPS) is 16.9. The third-order valence-electron chi connectivity index (χ3n) is 2.62. The van der Waals surface area contributed by atoms with E-state index < -0.39 is 12.0 Å². The van der Waals surface area contributed by atoms with Gasteiger partial charge >= 0.3 is 5.97 Å². The zero-order chi connectivity index (χ0) is 11.7. The highest BCUT2D eigenvalue weighted by molar-refractivity contribution is 6.39. The molecule has 0 bridgehead atoms. The van der Waals surface area contributed by atoms with Crippen molar-refractivity contribution in [2.45, 2.75) is 18.9 Å². The summed E-state index contributed by atoms with van der Waals surface area (Å²) in [5.74, 6) is -0.677. The van der Waals surface area contributed by atoms with E-state index >= 15 is 0 Å². The highest BCUT2D eigenvalue weighted by atomic mass is 35.5. The SMILES string of the molecule is O=C(O)C(Nc1c(Cl)cccc1Cl)C1CC1. The summed E-state index contributed by atoms with van der Waals surface area (Å²) < 4.78 is 0. The predicted octanol–water partition coefficient (Wildman–Crippen LogP) is 3.27. The Morgan fingerprint density at radius 2 is 1.94 bits per heavy atom. The number of carboxylic acids is 1. The first-order valence-corrected chi connectivity index (χ1v) is 5.78. The Morgan fingerprint density at radius 1 is 1.38 bits per heavy atom. The quantitative estimate of drug-likeness (QED) is 0.873. The Bertz CT molecular complexity index is 398. The first-order valence-electron chi connectivity index (χ1n) is 5.03. The average molecular weight is 260 g/mol. The van der Waals surface area contributed by atoms with Crippen molar-refractivity contribution in [1.29, 1.82) is 0 Å². The minimum atomic E-state index is -0.863. The fraction of sp³-hybridized carbons (Fsp3) is 0.364. The summed E-state index contributed by atoms with van der Waals surface area (Å²) in [4.78, 5) is 11.1. The van der Waals surface area contributed by atoms with Gasteiger partial charge in [0.1, 0.15) is 6.04 Å². The van der Waals surface area contributed by atoms with Crippen molar-refractivity contribution in [1.82, 2.24) is 0 Å². The maximum Gasteiger partial charge on any atom is 0.326 e. The number of benzene rings is 1. The van der Waals surface area contributed by atoms with Gasteiger partial charge in [0.2, 0.25) is 0 Å². The summed E-state index contributed by atoms with van der Waals surface area (Å²) in [5, 5.41) is 12.9. The molecule has 0 aliphatic heterocycles. The molecular weight excluding hydrogens is 249 g/mol. The Balaban J connectivity index is 2.21. The van der Waals surface area contributed by atoms with Gasteiger partial charge in [0.25, 0.3) is 0 Å². The average Bonchev–Trinajstić information content (AvgIpc) is 3.00. The lowest BCUT2D eigenvalue weighted by atomic mass is 10.1. The van der Waals surface area contributed by atoms with Crippen LogP contribution >= 0.6 is 23.2 Å². The fourth-order valence-electron chi connectivity index (χ4n) is 1.60. The van der Waals surface area contributed by atoms with Crippen molar-refractivity contribution in [2.24, 2.45) is 5.92 Å². The smallest absolute Gasteiger partial charge is 0.326 e. The second-order valence-electron chi connectivity index (χ2n) is 3.89. The van der Waals surface area contributed by atoms with Gasteiger partial charge in [-0.15, -0.1) is 0 Å². The first-order chi connectivity index (χ1) is 7.59. The minimum absolute atomic E-state index is 0.185. The Labute approximate surface area is 103 Å². The first kappa shape index (κ1) is 11.6. The molecule has 1 saturated carbocycles. The van der Waals surface area contributed by atoms with E-state index in [0.29, 0.717) is 15.7 Å². The predicted molar refractivity (Wildman–Crippen MR) is 64.2 cm³/mol. The standard InChI is InChI=1S/C11H11Cl2NO2/c12-7-2-1-3-8(13)10(7)14-9(11(15)16)6-4-5-6/h1-3,6,9,14H,4-5H2,(H,15,16). The molecule has 0 heterocycles. The minimum Gasteiger partial charge on any atom is -0.480 e. The number of nitrogens with one attached hydrogen (secondary N) is 1. The largest absolute Gasteiger partial charge is 0.480 e. The van der Waals surface area contributed by atoms with E-state index in [-0.39, 0.29) is 5.92 Å². The van der Waals surface area contributed by atoms with E-state index in [0.717, 1.165) is 12.8 Å². The number of carbonyl (C=O) groups is 1. The lowest BCUT2D eigenvalue weighted by Crippen LogP contribution is -2.31. The maximum absolute atomic E-state index is 11.1. The van der Waals surface area contributed by atoms with Crippen LogP contribution in [0.2, 0.25) is 10.0 Å². The molecule has 0 amide bonds. The lowest BCUT2D eigenvalue weighted by Gasteiger charge is -2.17. The topological polar surface area (TPSA) is 49.3 Å². The zero-order valence-electron chi connectivity index (χ0n) is 8.41. The molecule has 1 aromatic rings. The van der Waals surface area contributed by atoms with Crippen molar-refractivity contribution in [2.75, 3.05) is 5.32 Å². The molecule has 1 aliphatic carbocycles. The van der Waals surface area contributed by atoms with Crippen molar-refractivity contribution >= 4 is 34.9 Å². The second kappa shape index (κ2) is 4.52. The molecule has 0 radical (unpaired) electrons. The number of aliphatic carboxylic acids is 1. The van der Waals surface area contributed by atoms with Crippen LogP contribution in [0.25, 0.3) is 0 Å². The van der Waals surface area contributed by atoms with Crippen LogP contribution in [0.15, 0.2) is 18.2 Å². The summed E-state index contributed by atoms with van der Waals surface area (Å²) in [5.41, 5.74) is 0.505. The van der Waals surface area contributed by atoms with Crippen LogP contribution in [0.4, 0.5) is 5.69 Å². The number of rotatable bonds is 4.